The molecule has 6 nitrogen and oxygen atoms in total. The van der Waals surface area contributed by atoms with Gasteiger partial charge in [-0.25, -0.2) is 0 Å². The Morgan fingerprint density at radius 3 is 2.93 bits per heavy atom. The lowest BCUT2D eigenvalue weighted by Crippen LogP contribution is -2.38. The summed E-state index contributed by atoms with van der Waals surface area (Å²) >= 11 is 0. The largest absolute Gasteiger partial charge is 0.480 e. The van der Waals surface area contributed by atoms with Crippen LogP contribution >= 0.6 is 0 Å². The molecule has 0 unspecified atom stereocenters. The summed E-state index contributed by atoms with van der Waals surface area (Å²) in [6.07, 6.45) is 1.83. The summed E-state index contributed by atoms with van der Waals surface area (Å²) in [6.45, 7) is 2.61. The number of nitrogens with zero attached hydrogens (tertiary/aromatic N) is 1. The predicted molar refractivity (Wildman–Crippen MR) is 51.8 cm³/mol. The predicted octanol–water partition coefficient (Wildman–Crippen LogP) is -0.858. The van der Waals surface area contributed by atoms with Gasteiger partial charge in [-0.1, -0.05) is 0 Å². The highest BCUT2D eigenvalue weighted by Gasteiger charge is 2.18. The van der Waals surface area contributed by atoms with Crippen LogP contribution in [0.1, 0.15) is 6.92 Å². The molecule has 0 aromatic heterocycles. The third-order valence-corrected chi connectivity index (χ3v) is 2.03. The van der Waals surface area contributed by atoms with Gasteiger partial charge in [-0.15, -0.1) is 0 Å². The quantitative estimate of drug-likeness (QED) is 0.349. The number of nitrogens with two attached hydrogens (primary N) is 1. The highest BCUT2D eigenvalue weighted by molar-refractivity contribution is 5.76. The van der Waals surface area contributed by atoms with E-state index >= 15 is 0 Å². The molecule has 0 radical (unpaired) electrons. The smallest absolute Gasteiger partial charge is 0.325 e. The number of carboxylic acid groups (broad SMARTS) is 1. The van der Waals surface area contributed by atoms with Gasteiger partial charge in [-0.2, -0.15) is 0 Å². The maximum absolute atomic E-state index is 10.5. The van der Waals surface area contributed by atoms with Gasteiger partial charge in [0.15, 0.2) is 5.96 Å². The van der Waals surface area contributed by atoms with Gasteiger partial charge in [0.2, 0.25) is 0 Å². The fourth-order valence-electron chi connectivity index (χ4n) is 1.18. The van der Waals surface area contributed by atoms with E-state index in [2.05, 4.69) is 5.32 Å². The van der Waals surface area contributed by atoms with E-state index in [0.29, 0.717) is 13.1 Å². The Bertz CT molecular complexity index is 287. The molecule has 0 aromatic carbocycles. The number of nitrogens with one attached hydrogen (secondary N) is 2. The molecule has 0 aliphatic carbocycles. The number of carbonyl (C=O) groups is 1. The number of hydrogen-bond donors (Lipinski definition) is 4. The summed E-state index contributed by atoms with van der Waals surface area (Å²) in [5.41, 5.74) is 6.08. The average molecular weight is 198 g/mol. The standard InChI is InChI=1S/C8H14N4O2/c1-5(7(13)14)11-6-2-3-12(4-6)8(9)10/h2,5,11H,3-4H2,1H3,(H3,9,10)(H,13,14)/t5-/m0/s1. The van der Waals surface area contributed by atoms with Crippen molar-refractivity contribution in [3.8, 4) is 0 Å². The lowest BCUT2D eigenvalue weighted by molar-refractivity contribution is -0.138. The summed E-state index contributed by atoms with van der Waals surface area (Å²) < 4.78 is 0. The molecule has 0 bridgehead atoms. The Morgan fingerprint density at radius 1 is 1.86 bits per heavy atom. The van der Waals surface area contributed by atoms with Crippen molar-refractivity contribution < 1.29 is 9.90 Å². The molecule has 0 fully saturated rings. The van der Waals surface area contributed by atoms with Crippen LogP contribution in [0.25, 0.3) is 0 Å². The van der Waals surface area contributed by atoms with E-state index in [-0.39, 0.29) is 5.96 Å². The summed E-state index contributed by atoms with van der Waals surface area (Å²) in [5, 5.41) is 18.7. The summed E-state index contributed by atoms with van der Waals surface area (Å²) in [4.78, 5) is 12.2. The van der Waals surface area contributed by atoms with E-state index in [9.17, 15) is 4.79 Å². The van der Waals surface area contributed by atoms with Crippen LogP contribution in [0, 0.1) is 5.41 Å². The molecule has 0 amide bonds. The molecular formula is C8H14N4O2. The molecule has 0 saturated carbocycles. The van der Waals surface area contributed by atoms with Gasteiger partial charge in [-0.05, 0) is 13.0 Å². The molecule has 1 aliphatic rings. The fraction of sp³-hybridized carbons (Fsp3) is 0.500. The first kappa shape index (κ1) is 10.4. The van der Waals surface area contributed by atoms with Crippen molar-refractivity contribution in [3.63, 3.8) is 0 Å². The molecule has 1 heterocycles. The monoisotopic (exact) mass is 198 g/mol. The van der Waals surface area contributed by atoms with Crippen molar-refractivity contribution >= 4 is 11.9 Å². The molecule has 1 aliphatic heterocycles. The fourth-order valence-corrected chi connectivity index (χ4v) is 1.18. The first-order chi connectivity index (χ1) is 6.50. The van der Waals surface area contributed by atoms with Crippen molar-refractivity contribution in [1.29, 1.82) is 5.41 Å². The summed E-state index contributed by atoms with van der Waals surface area (Å²) in [6, 6.07) is -0.617. The molecule has 5 N–H and O–H groups in total. The summed E-state index contributed by atoms with van der Waals surface area (Å²) in [7, 11) is 0. The van der Waals surface area contributed by atoms with Crippen LogP contribution in [0.3, 0.4) is 0 Å². The molecule has 6 heteroatoms. The second-order valence-corrected chi connectivity index (χ2v) is 3.20. The van der Waals surface area contributed by atoms with Gasteiger partial charge >= 0.3 is 5.97 Å². The normalized spacial score (nSPS) is 17.5. The maximum atomic E-state index is 10.5. The second-order valence-electron chi connectivity index (χ2n) is 3.20. The van der Waals surface area contributed by atoms with Gasteiger partial charge in [-0.3, -0.25) is 10.2 Å². The molecule has 1 atom stereocenters. The third-order valence-electron chi connectivity index (χ3n) is 2.03. The Balaban J connectivity index is 2.43. The number of guanidine groups is 1. The van der Waals surface area contributed by atoms with Gasteiger partial charge < -0.3 is 21.1 Å². The number of hydrogen-bond acceptors (Lipinski definition) is 3. The molecule has 0 spiro atoms. The highest BCUT2D eigenvalue weighted by Crippen LogP contribution is 2.05. The van der Waals surface area contributed by atoms with Crippen molar-refractivity contribution in [2.75, 3.05) is 13.1 Å². The van der Waals surface area contributed by atoms with Crippen LogP contribution in [-0.2, 0) is 4.79 Å². The zero-order valence-electron chi connectivity index (χ0n) is 7.95. The van der Waals surface area contributed by atoms with Gasteiger partial charge in [0.05, 0.1) is 6.54 Å². The molecule has 14 heavy (non-hydrogen) atoms. The Hall–Kier alpha value is -1.72. The van der Waals surface area contributed by atoms with Crippen molar-refractivity contribution in [2.24, 2.45) is 5.73 Å². The zero-order valence-corrected chi connectivity index (χ0v) is 7.95. The maximum Gasteiger partial charge on any atom is 0.325 e. The van der Waals surface area contributed by atoms with Crippen LogP contribution in [0.5, 0.6) is 0 Å². The second kappa shape index (κ2) is 3.99. The van der Waals surface area contributed by atoms with E-state index in [4.69, 9.17) is 16.2 Å². The first-order valence-electron chi connectivity index (χ1n) is 4.28. The van der Waals surface area contributed by atoms with Crippen molar-refractivity contribution in [2.45, 2.75) is 13.0 Å². The van der Waals surface area contributed by atoms with Crippen LogP contribution in [0.2, 0.25) is 0 Å². The lowest BCUT2D eigenvalue weighted by atomic mass is 10.3. The Kier molecular flexibility index (Phi) is 2.95. The van der Waals surface area contributed by atoms with Crippen LogP contribution in [-0.4, -0.2) is 41.1 Å². The van der Waals surface area contributed by atoms with Gasteiger partial charge in [0.1, 0.15) is 6.04 Å². The van der Waals surface area contributed by atoms with E-state index in [1.165, 1.54) is 0 Å². The third kappa shape index (κ3) is 2.38. The SMILES string of the molecule is C[C@H](NC1=CCN(C(=N)N)C1)C(=O)O. The Morgan fingerprint density at radius 2 is 2.50 bits per heavy atom. The highest BCUT2D eigenvalue weighted by atomic mass is 16.4. The average Bonchev–Trinajstić information content (AvgIpc) is 2.52. The minimum absolute atomic E-state index is 0.000952. The van der Waals surface area contributed by atoms with E-state index in [0.717, 1.165) is 5.70 Å². The molecular weight excluding hydrogens is 184 g/mol. The lowest BCUT2D eigenvalue weighted by Gasteiger charge is -2.17. The minimum atomic E-state index is -0.896. The van der Waals surface area contributed by atoms with Crippen molar-refractivity contribution in [1.82, 2.24) is 10.2 Å². The molecule has 0 aromatic rings. The number of carboxylic acids is 1. The van der Waals surface area contributed by atoms with Crippen LogP contribution in [0.4, 0.5) is 0 Å². The zero-order chi connectivity index (χ0) is 10.7. The Labute approximate surface area is 81.9 Å². The summed E-state index contributed by atoms with van der Waals surface area (Å²) in [5.74, 6) is -0.895. The van der Waals surface area contributed by atoms with Crippen LogP contribution in [0.15, 0.2) is 11.8 Å². The van der Waals surface area contributed by atoms with E-state index in [1.807, 2.05) is 6.08 Å². The minimum Gasteiger partial charge on any atom is -0.480 e. The number of aliphatic carboxylic acids is 1. The first-order valence-corrected chi connectivity index (χ1v) is 4.28. The number of rotatable bonds is 3. The van der Waals surface area contributed by atoms with Crippen LogP contribution < -0.4 is 11.1 Å². The molecule has 1 rings (SSSR count). The van der Waals surface area contributed by atoms with Gasteiger partial charge in [0, 0.05) is 12.2 Å². The van der Waals surface area contributed by atoms with Crippen molar-refractivity contribution in [3.05, 3.63) is 11.8 Å². The topological polar surface area (TPSA) is 102 Å². The molecule has 78 valence electrons. The van der Waals surface area contributed by atoms with E-state index < -0.39 is 12.0 Å². The van der Waals surface area contributed by atoms with Gasteiger partial charge in [0.25, 0.3) is 0 Å². The van der Waals surface area contributed by atoms with E-state index in [1.54, 1.807) is 11.8 Å². The molecule has 0 saturated heterocycles.